The summed E-state index contributed by atoms with van der Waals surface area (Å²) in [5, 5.41) is 1.14. The van der Waals surface area contributed by atoms with E-state index in [0.29, 0.717) is 44.7 Å². The van der Waals surface area contributed by atoms with Crippen LogP contribution in [0.1, 0.15) is 77.9 Å². The molecule has 0 spiro atoms. The summed E-state index contributed by atoms with van der Waals surface area (Å²) < 4.78 is 72.5. The summed E-state index contributed by atoms with van der Waals surface area (Å²) in [6.07, 6.45) is 3.68. The van der Waals surface area contributed by atoms with E-state index in [2.05, 4.69) is 199 Å². The van der Waals surface area contributed by atoms with Gasteiger partial charge in [-0.15, -0.1) is 0 Å². The third-order valence-electron chi connectivity index (χ3n) is 18.6. The molecule has 0 aliphatic heterocycles. The maximum atomic E-state index is 17.4. The van der Waals surface area contributed by atoms with Gasteiger partial charge in [0.1, 0.15) is 34.4 Å². The van der Waals surface area contributed by atoms with E-state index < -0.39 is 34.1 Å². The van der Waals surface area contributed by atoms with Crippen LogP contribution in [0.15, 0.2) is 260 Å². The Kier molecular flexibility index (Phi) is 12.9. The van der Waals surface area contributed by atoms with E-state index in [1.54, 1.807) is 0 Å². The van der Waals surface area contributed by atoms with Gasteiger partial charge in [0.15, 0.2) is 0 Å². The van der Waals surface area contributed by atoms with Crippen molar-refractivity contribution in [2.75, 3.05) is 9.80 Å². The van der Waals surface area contributed by atoms with E-state index in [1.165, 1.54) is 24.3 Å². The Hall–Kier alpha value is -10.8. The van der Waals surface area contributed by atoms with Crippen molar-refractivity contribution >= 4 is 68.2 Å². The van der Waals surface area contributed by atoms with Gasteiger partial charge in [-0.25, -0.2) is 17.6 Å². The van der Waals surface area contributed by atoms with Crippen molar-refractivity contribution in [3.63, 3.8) is 0 Å². The fraction of sp³-hybridized carbons (Fsp3) is 0.0732. The number of nitrogens with zero attached hydrogens (tertiary/aromatic N) is 2. The minimum atomic E-state index is -0.867. The lowest BCUT2D eigenvalue weighted by atomic mass is 9.66. The zero-order valence-corrected chi connectivity index (χ0v) is 49.5. The fourth-order valence-corrected chi connectivity index (χ4v) is 14.7. The first-order valence-corrected chi connectivity index (χ1v) is 29.9. The average molecular weight is 1160 g/mol. The van der Waals surface area contributed by atoms with Crippen LogP contribution in [0.5, 0.6) is 0 Å². The van der Waals surface area contributed by atoms with E-state index in [1.807, 2.05) is 70.5 Å². The molecule has 7 heteroatoms. The van der Waals surface area contributed by atoms with Gasteiger partial charge in [0.25, 0.3) is 0 Å². The Bertz CT molecular complexity index is 4760. The van der Waals surface area contributed by atoms with Crippen molar-refractivity contribution < 1.29 is 22.0 Å². The van der Waals surface area contributed by atoms with Gasteiger partial charge < -0.3 is 14.2 Å². The number of halogens is 4. The first kappa shape index (κ1) is 54.9. The van der Waals surface area contributed by atoms with Crippen LogP contribution in [0.2, 0.25) is 0 Å². The molecule has 0 radical (unpaired) electrons. The third kappa shape index (κ3) is 8.32. The van der Waals surface area contributed by atoms with Gasteiger partial charge in [0.05, 0.1) is 44.4 Å². The highest BCUT2D eigenvalue weighted by Crippen LogP contribution is 2.61. The Balaban J connectivity index is 1.01. The topological polar surface area (TPSA) is 19.6 Å². The number of benzene rings is 12. The van der Waals surface area contributed by atoms with Crippen LogP contribution in [0.4, 0.5) is 51.7 Å². The van der Waals surface area contributed by atoms with Gasteiger partial charge >= 0.3 is 0 Å². The molecule has 0 bridgehead atoms. The maximum absolute atomic E-state index is 17.4. The van der Waals surface area contributed by atoms with Gasteiger partial charge in [-0.3, -0.25) is 0 Å². The molecule has 15 rings (SSSR count). The smallest absolute Gasteiger partial charge is 0.150 e. The molecule has 0 saturated carbocycles. The summed E-state index contributed by atoms with van der Waals surface area (Å²) in [6.45, 7) is 16.7. The summed E-state index contributed by atoms with van der Waals surface area (Å²) in [5.41, 5.74) is 20.4. The molecule has 0 N–H and O–H groups in total. The average Bonchev–Trinajstić information content (AvgIpc) is 1.58. The first-order chi connectivity index (χ1) is 43.3. The Morgan fingerprint density at radius 3 is 1.16 bits per heavy atom. The van der Waals surface area contributed by atoms with Gasteiger partial charge in [-0.1, -0.05) is 194 Å². The van der Waals surface area contributed by atoms with E-state index in [9.17, 15) is 0 Å². The van der Waals surface area contributed by atoms with Gasteiger partial charge in [-0.05, 0) is 190 Å². The van der Waals surface area contributed by atoms with Gasteiger partial charge in [-0.2, -0.15) is 0 Å². The SMILES string of the molecule is C=Cc1ccc(C2(c3cc(C)ccc3C)c3ccccc3-c3ccc(N(c4ccc(F)cc4F)c4cccc5oc6cccc(N(c7ccc8c(c7)C(c7ccc(C=C)cc7)(c7cc(C)ccc7C)c7ccccc7-8)c7ccc(F)cc7F)c6c45)cc32)cc1. The van der Waals surface area contributed by atoms with Crippen molar-refractivity contribution in [1.29, 1.82) is 0 Å². The molecular formula is C82H58F4N2O. The molecule has 430 valence electrons. The summed E-state index contributed by atoms with van der Waals surface area (Å²) in [4.78, 5) is 3.68. The molecule has 1 heterocycles. The molecule has 0 fully saturated rings. The minimum absolute atomic E-state index is 0.0809. The monoisotopic (exact) mass is 1160 g/mol. The number of hydrogen-bond donors (Lipinski definition) is 0. The van der Waals surface area contributed by atoms with Gasteiger partial charge in [0, 0.05) is 23.5 Å². The predicted octanol–water partition coefficient (Wildman–Crippen LogP) is 22.3. The molecule has 12 aromatic carbocycles. The van der Waals surface area contributed by atoms with Crippen LogP contribution in [0.25, 0.3) is 56.3 Å². The number of rotatable bonds is 12. The molecule has 2 atom stereocenters. The highest BCUT2D eigenvalue weighted by atomic mass is 19.1. The number of furan rings is 1. The van der Waals surface area contributed by atoms with E-state index in [-0.39, 0.29) is 11.4 Å². The lowest BCUT2D eigenvalue weighted by molar-refractivity contribution is 0.583. The second-order valence-corrected chi connectivity index (χ2v) is 23.6. The molecule has 13 aromatic rings. The van der Waals surface area contributed by atoms with E-state index >= 15 is 17.6 Å². The molecule has 2 aliphatic rings. The largest absolute Gasteiger partial charge is 0.456 e. The predicted molar refractivity (Wildman–Crippen MR) is 357 cm³/mol. The molecule has 0 saturated heterocycles. The zero-order valence-electron chi connectivity index (χ0n) is 49.5. The Labute approximate surface area is 515 Å². The van der Waals surface area contributed by atoms with E-state index in [0.717, 1.165) is 112 Å². The first-order valence-electron chi connectivity index (χ1n) is 29.9. The highest BCUT2D eigenvalue weighted by molar-refractivity contribution is 6.19. The minimum Gasteiger partial charge on any atom is -0.456 e. The van der Waals surface area contributed by atoms with Crippen LogP contribution in [0, 0.1) is 51.0 Å². The molecule has 1 aromatic heterocycles. The molecular weight excluding hydrogens is 1100 g/mol. The molecule has 0 amide bonds. The normalized spacial score (nSPS) is 15.4. The van der Waals surface area contributed by atoms with E-state index in [4.69, 9.17) is 4.42 Å². The lowest BCUT2D eigenvalue weighted by Gasteiger charge is -2.36. The van der Waals surface area contributed by atoms with Crippen molar-refractivity contribution in [3.05, 3.63) is 357 Å². The Morgan fingerprint density at radius 2 is 0.753 bits per heavy atom. The second kappa shape index (κ2) is 21.0. The number of anilines is 6. The van der Waals surface area contributed by atoms with Crippen molar-refractivity contribution in [3.8, 4) is 22.3 Å². The number of fused-ring (bicyclic) bond motifs is 9. The second-order valence-electron chi connectivity index (χ2n) is 23.6. The Morgan fingerprint density at radius 1 is 0.348 bits per heavy atom. The van der Waals surface area contributed by atoms with Crippen molar-refractivity contribution in [1.82, 2.24) is 0 Å². The van der Waals surface area contributed by atoms with Crippen LogP contribution in [0.3, 0.4) is 0 Å². The zero-order chi connectivity index (χ0) is 61.0. The van der Waals surface area contributed by atoms with Gasteiger partial charge in [0.2, 0.25) is 0 Å². The van der Waals surface area contributed by atoms with Crippen LogP contribution >= 0.6 is 0 Å². The molecule has 2 unspecified atom stereocenters. The molecule has 2 aliphatic carbocycles. The highest BCUT2D eigenvalue weighted by Gasteiger charge is 2.49. The number of hydrogen-bond acceptors (Lipinski definition) is 3. The summed E-state index contributed by atoms with van der Waals surface area (Å²) in [5.74, 6) is -3.04. The maximum Gasteiger partial charge on any atom is 0.150 e. The fourth-order valence-electron chi connectivity index (χ4n) is 14.7. The van der Waals surface area contributed by atoms with Crippen LogP contribution in [-0.2, 0) is 10.8 Å². The van der Waals surface area contributed by atoms with Crippen LogP contribution in [-0.4, -0.2) is 0 Å². The van der Waals surface area contributed by atoms with Crippen molar-refractivity contribution in [2.24, 2.45) is 0 Å². The summed E-state index contributed by atoms with van der Waals surface area (Å²) in [7, 11) is 0. The third-order valence-corrected chi connectivity index (χ3v) is 18.6. The number of aryl methyl sites for hydroxylation is 4. The molecule has 89 heavy (non-hydrogen) atoms. The molecule has 3 nitrogen and oxygen atoms in total. The standard InChI is InChI=1S/C82H58F4N2O/c1-7-53-27-31-55(32-28-53)81(67-43-49(3)23-25-51(67)5)65-17-11-9-15-61(65)63-39-37-59(47-69(63)81)87(73-41-35-57(83)45-71(73)85)75-19-13-21-77-79(75)80-76(20-14-22-78(80)89-77)88(74-42-36-58(84)46-72(74)86)60-38-40-64-62-16-10-12-18-66(62)82(70(64)48-60,56-33-29-54(8-2)30-34-56)68-44-50(4)24-26-52(68)6/h7-48H,1-2H2,3-6H3. The lowest BCUT2D eigenvalue weighted by Crippen LogP contribution is -2.30. The van der Waals surface area contributed by atoms with Crippen molar-refractivity contribution in [2.45, 2.75) is 38.5 Å². The quantitative estimate of drug-likeness (QED) is 0.114. The van der Waals surface area contributed by atoms with Crippen LogP contribution < -0.4 is 9.80 Å². The summed E-state index contributed by atoms with van der Waals surface area (Å²) in [6, 6.07) is 78.3. The summed E-state index contributed by atoms with van der Waals surface area (Å²) >= 11 is 0.